The first kappa shape index (κ1) is 26.4. The van der Waals surface area contributed by atoms with Crippen molar-refractivity contribution >= 4 is 43.1 Å². The summed E-state index contributed by atoms with van der Waals surface area (Å²) in [5.41, 5.74) is 1.58. The quantitative estimate of drug-likeness (QED) is 0.187. The predicted molar refractivity (Wildman–Crippen MR) is 180 cm³/mol. The molecule has 0 radical (unpaired) electrons. The number of phenolic OH excluding ortho intramolecular Hbond substituents is 3. The predicted octanol–water partition coefficient (Wildman–Crippen LogP) is 10.7. The van der Waals surface area contributed by atoms with E-state index in [1.807, 2.05) is 109 Å². The van der Waals surface area contributed by atoms with Crippen molar-refractivity contribution in [1.29, 1.82) is 0 Å². The molecular formula is C40H26O5. The fourth-order valence-corrected chi connectivity index (χ4v) is 6.14. The minimum atomic E-state index is 0.168. The van der Waals surface area contributed by atoms with Crippen LogP contribution in [0.1, 0.15) is 0 Å². The number of phenols is 3. The molecule has 0 aliphatic rings. The number of hydrogen-bond acceptors (Lipinski definition) is 5. The van der Waals surface area contributed by atoms with Crippen LogP contribution in [0.2, 0.25) is 0 Å². The highest BCUT2D eigenvalue weighted by molar-refractivity contribution is 6.09. The Balaban J connectivity index is 1.17. The van der Waals surface area contributed by atoms with Crippen LogP contribution in [0.5, 0.6) is 40.2 Å². The molecule has 8 aromatic carbocycles. The number of hydrogen-bond donors (Lipinski definition) is 3. The van der Waals surface area contributed by atoms with Crippen molar-refractivity contribution in [3.63, 3.8) is 0 Å². The van der Waals surface area contributed by atoms with Gasteiger partial charge in [-0.1, -0.05) is 60.7 Å². The summed E-state index contributed by atoms with van der Waals surface area (Å²) >= 11 is 0. The van der Waals surface area contributed by atoms with E-state index < -0.39 is 0 Å². The number of benzene rings is 8. The van der Waals surface area contributed by atoms with Crippen molar-refractivity contribution < 1.29 is 24.8 Å². The molecule has 5 heteroatoms. The van der Waals surface area contributed by atoms with Crippen molar-refractivity contribution in [2.24, 2.45) is 0 Å². The minimum absolute atomic E-state index is 0.168. The lowest BCUT2D eigenvalue weighted by Gasteiger charge is -2.16. The van der Waals surface area contributed by atoms with Crippen LogP contribution in [0.25, 0.3) is 54.2 Å². The molecule has 8 aromatic rings. The van der Waals surface area contributed by atoms with E-state index >= 15 is 0 Å². The van der Waals surface area contributed by atoms with Gasteiger partial charge >= 0.3 is 0 Å². The van der Waals surface area contributed by atoms with Gasteiger partial charge in [0.2, 0.25) is 0 Å². The van der Waals surface area contributed by atoms with E-state index in [0.717, 1.165) is 48.7 Å². The van der Waals surface area contributed by atoms with Gasteiger partial charge in [-0.2, -0.15) is 0 Å². The Kier molecular flexibility index (Phi) is 6.17. The smallest absolute Gasteiger partial charge is 0.135 e. The average molecular weight is 587 g/mol. The average Bonchev–Trinajstić information content (AvgIpc) is 3.04. The lowest BCUT2D eigenvalue weighted by molar-refractivity contribution is 0.475. The second-order valence-corrected chi connectivity index (χ2v) is 11.0. The third-order valence-corrected chi connectivity index (χ3v) is 8.22. The van der Waals surface area contributed by atoms with Gasteiger partial charge < -0.3 is 24.8 Å². The molecule has 45 heavy (non-hydrogen) atoms. The van der Waals surface area contributed by atoms with E-state index in [1.54, 1.807) is 30.3 Å². The van der Waals surface area contributed by atoms with Crippen molar-refractivity contribution in [1.82, 2.24) is 0 Å². The summed E-state index contributed by atoms with van der Waals surface area (Å²) in [5, 5.41) is 38.2. The normalized spacial score (nSPS) is 11.4. The van der Waals surface area contributed by atoms with E-state index in [1.165, 1.54) is 0 Å². The molecule has 0 aliphatic carbocycles. The summed E-state index contributed by atoms with van der Waals surface area (Å²) in [6.07, 6.45) is 0. The monoisotopic (exact) mass is 586 g/mol. The van der Waals surface area contributed by atoms with E-state index in [9.17, 15) is 15.3 Å². The van der Waals surface area contributed by atoms with Crippen molar-refractivity contribution in [2.75, 3.05) is 0 Å². The maximum absolute atomic E-state index is 11.1. The SMILES string of the molecule is Oc1ccc2c(Oc3cccc4cc(Oc5cccc6c(-c7cccc8cc(O)ccc78)c(O)ccc56)ccc34)cccc2c1. The van der Waals surface area contributed by atoms with Gasteiger partial charge in [0.15, 0.2) is 0 Å². The molecule has 8 rings (SSSR count). The summed E-state index contributed by atoms with van der Waals surface area (Å²) in [6, 6.07) is 43.3. The Bertz CT molecular complexity index is 2430. The van der Waals surface area contributed by atoms with Crippen LogP contribution in [0.4, 0.5) is 0 Å². The van der Waals surface area contributed by atoms with Crippen LogP contribution in [0.15, 0.2) is 140 Å². The van der Waals surface area contributed by atoms with Crippen LogP contribution in [0.3, 0.4) is 0 Å². The third kappa shape index (κ3) is 4.67. The van der Waals surface area contributed by atoms with Gasteiger partial charge in [-0.05, 0) is 111 Å². The van der Waals surface area contributed by atoms with Gasteiger partial charge in [-0.25, -0.2) is 0 Å². The zero-order chi connectivity index (χ0) is 30.5. The molecule has 216 valence electrons. The van der Waals surface area contributed by atoms with Crippen LogP contribution < -0.4 is 9.47 Å². The topological polar surface area (TPSA) is 79.2 Å². The molecular weight excluding hydrogens is 560 g/mol. The molecule has 0 saturated carbocycles. The fourth-order valence-electron chi connectivity index (χ4n) is 6.14. The van der Waals surface area contributed by atoms with Crippen molar-refractivity contribution in [3.05, 3.63) is 140 Å². The Morgan fingerprint density at radius 2 is 0.911 bits per heavy atom. The summed E-state index contributed by atoms with van der Waals surface area (Å²) in [5.74, 6) is 3.33. The first-order valence-corrected chi connectivity index (χ1v) is 14.6. The number of aromatic hydroxyl groups is 3. The molecule has 0 atom stereocenters. The summed E-state index contributed by atoms with van der Waals surface area (Å²) in [6.45, 7) is 0. The number of rotatable bonds is 5. The van der Waals surface area contributed by atoms with Gasteiger partial charge in [0, 0.05) is 21.7 Å². The van der Waals surface area contributed by atoms with E-state index in [4.69, 9.17) is 9.47 Å². The molecule has 0 spiro atoms. The Morgan fingerprint density at radius 3 is 1.62 bits per heavy atom. The molecule has 0 amide bonds. The van der Waals surface area contributed by atoms with Crippen molar-refractivity contribution in [2.45, 2.75) is 0 Å². The van der Waals surface area contributed by atoms with Crippen molar-refractivity contribution in [3.8, 4) is 51.4 Å². The highest BCUT2D eigenvalue weighted by Crippen LogP contribution is 2.44. The van der Waals surface area contributed by atoms with Crippen LogP contribution >= 0.6 is 0 Å². The van der Waals surface area contributed by atoms with Crippen LogP contribution in [-0.4, -0.2) is 15.3 Å². The van der Waals surface area contributed by atoms with Crippen LogP contribution in [-0.2, 0) is 0 Å². The van der Waals surface area contributed by atoms with Gasteiger partial charge in [0.05, 0.1) is 0 Å². The summed E-state index contributed by atoms with van der Waals surface area (Å²) in [7, 11) is 0. The number of fused-ring (bicyclic) bond motifs is 4. The fraction of sp³-hybridized carbons (Fsp3) is 0. The summed E-state index contributed by atoms with van der Waals surface area (Å²) < 4.78 is 12.9. The lowest BCUT2D eigenvalue weighted by atomic mass is 9.93. The van der Waals surface area contributed by atoms with Gasteiger partial charge in [-0.15, -0.1) is 0 Å². The third-order valence-electron chi connectivity index (χ3n) is 8.22. The molecule has 5 nitrogen and oxygen atoms in total. The first-order valence-electron chi connectivity index (χ1n) is 14.6. The lowest BCUT2D eigenvalue weighted by Crippen LogP contribution is -1.90. The maximum Gasteiger partial charge on any atom is 0.135 e. The highest BCUT2D eigenvalue weighted by atomic mass is 16.5. The summed E-state index contributed by atoms with van der Waals surface area (Å²) in [4.78, 5) is 0. The van der Waals surface area contributed by atoms with Crippen LogP contribution in [0, 0.1) is 0 Å². The second-order valence-electron chi connectivity index (χ2n) is 11.0. The van der Waals surface area contributed by atoms with Gasteiger partial charge in [0.1, 0.15) is 40.2 Å². The van der Waals surface area contributed by atoms with E-state index in [0.29, 0.717) is 28.6 Å². The molecule has 0 unspecified atom stereocenters. The van der Waals surface area contributed by atoms with Gasteiger partial charge in [0.25, 0.3) is 0 Å². The first-order chi connectivity index (χ1) is 22.0. The van der Waals surface area contributed by atoms with E-state index in [2.05, 4.69) is 0 Å². The molecule has 0 bridgehead atoms. The van der Waals surface area contributed by atoms with Gasteiger partial charge in [-0.3, -0.25) is 0 Å². The molecule has 0 saturated heterocycles. The largest absolute Gasteiger partial charge is 0.508 e. The molecule has 0 aromatic heterocycles. The zero-order valence-electron chi connectivity index (χ0n) is 23.9. The number of ether oxygens (including phenoxy) is 2. The molecule has 0 aliphatic heterocycles. The Labute approximate surface area is 258 Å². The Hall–Kier alpha value is -6.20. The molecule has 0 heterocycles. The highest BCUT2D eigenvalue weighted by Gasteiger charge is 2.16. The molecule has 3 N–H and O–H groups in total. The Morgan fingerprint density at radius 1 is 0.378 bits per heavy atom. The minimum Gasteiger partial charge on any atom is -0.508 e. The zero-order valence-corrected chi connectivity index (χ0v) is 23.9. The standard InChI is InChI=1S/C40H26O5/c41-27-13-16-30-24(21-27)5-1-8-34(30)40-35-9-4-12-39(33(35)19-20-36(40)43)44-29-15-18-32-26(23-29)7-3-11-38(32)45-37-10-2-6-25-22-28(42)14-17-31(25)37/h1-23,41-43H. The second kappa shape index (κ2) is 10.5. The maximum atomic E-state index is 11.1. The van der Waals surface area contributed by atoms with E-state index in [-0.39, 0.29) is 17.2 Å². The molecule has 0 fully saturated rings.